The molecule has 3 saturated heterocycles. The van der Waals surface area contributed by atoms with Crippen molar-refractivity contribution in [1.82, 2.24) is 5.32 Å². The topological polar surface area (TPSA) is 335 Å². The smallest absolute Gasteiger partial charge is 0.364 e. The molecule has 0 aromatic rings. The maximum atomic E-state index is 12.4. The van der Waals surface area contributed by atoms with Crippen LogP contribution in [0.5, 0.6) is 0 Å². The first-order chi connectivity index (χ1) is 20.1. The Labute approximate surface area is 243 Å². The van der Waals surface area contributed by atoms with Crippen LogP contribution in [0, 0.1) is 0 Å². The highest BCUT2D eigenvalue weighted by Crippen LogP contribution is 2.38. The van der Waals surface area contributed by atoms with E-state index in [0.717, 1.165) is 6.92 Å². The monoisotopic (exact) mass is 633 g/mol. The molecule has 3 fully saturated rings. The van der Waals surface area contributed by atoms with E-state index < -0.39 is 136 Å². The highest BCUT2D eigenvalue weighted by molar-refractivity contribution is 5.76. The van der Waals surface area contributed by atoms with Gasteiger partial charge in [-0.1, -0.05) is 0 Å². The van der Waals surface area contributed by atoms with Crippen molar-refractivity contribution in [3.63, 3.8) is 0 Å². The average Bonchev–Trinajstić information content (AvgIpc) is 2.96. The Hall–Kier alpha value is -1.70. The van der Waals surface area contributed by atoms with Gasteiger partial charge in [0, 0.05) is 13.3 Å². The molecule has 13 N–H and O–H groups in total. The molecule has 3 heterocycles. The van der Waals surface area contributed by atoms with Gasteiger partial charge in [0.25, 0.3) is 5.79 Å². The van der Waals surface area contributed by atoms with E-state index in [1.807, 2.05) is 0 Å². The van der Waals surface area contributed by atoms with Crippen LogP contribution in [0.2, 0.25) is 0 Å². The number of aliphatic carboxylic acids is 1. The number of ether oxygens (including phenoxy) is 5. The molecule has 43 heavy (non-hydrogen) atoms. The van der Waals surface area contributed by atoms with E-state index in [9.17, 15) is 65.8 Å². The van der Waals surface area contributed by atoms with Crippen LogP contribution in [0.25, 0.3) is 0 Å². The highest BCUT2D eigenvalue weighted by Gasteiger charge is 2.59. The van der Waals surface area contributed by atoms with Gasteiger partial charge >= 0.3 is 5.97 Å². The summed E-state index contributed by atoms with van der Waals surface area (Å²) in [6, 6.07) is -1.52. The second kappa shape index (κ2) is 14.6. The van der Waals surface area contributed by atoms with E-state index >= 15 is 0 Å². The normalized spacial score (nSPS) is 45.3. The molecule has 0 saturated carbocycles. The van der Waals surface area contributed by atoms with E-state index in [2.05, 4.69) is 5.32 Å². The molecule has 16 atom stereocenters. The number of hydrogen-bond donors (Lipinski definition) is 13. The first-order valence-electron chi connectivity index (χ1n) is 13.2. The standard InChI is InChI=1S/C23H39NO19/c1-6(28)24-11-17(14(33)9(4-26)39-20(11)36)41-21-16(35)19(15(34)10(5-27)40-21)43-23(22(37)38)2-7(29)12(31)18(42-23)13(32)8(30)3-25/h7-21,25-27,29-36H,2-5H2,1H3,(H,24,28)(H,37,38)/t7-,8+,9+,10+,11+,12+,13+,14+,15-,16+,17+,18+,19-,20+,21-,23-/m0/s1. The first kappa shape index (κ1) is 35.8. The fraction of sp³-hybridized carbons (Fsp3) is 0.913. The predicted molar refractivity (Wildman–Crippen MR) is 130 cm³/mol. The third kappa shape index (κ3) is 7.41. The zero-order valence-corrected chi connectivity index (χ0v) is 22.7. The van der Waals surface area contributed by atoms with Crippen molar-refractivity contribution in [2.45, 2.75) is 111 Å². The number of nitrogens with one attached hydrogen (secondary N) is 1. The Bertz CT molecular complexity index is 944. The van der Waals surface area contributed by atoms with E-state index in [1.54, 1.807) is 0 Å². The Morgan fingerprint density at radius 3 is 2.02 bits per heavy atom. The molecule has 0 radical (unpaired) electrons. The molecule has 0 spiro atoms. The second-order valence-electron chi connectivity index (χ2n) is 10.5. The molecular formula is C23H39NO19. The molecule has 0 aromatic carbocycles. The van der Waals surface area contributed by atoms with Gasteiger partial charge < -0.3 is 90.3 Å². The maximum absolute atomic E-state index is 12.4. The Kier molecular flexibility index (Phi) is 12.1. The third-order valence-corrected chi connectivity index (χ3v) is 7.46. The lowest BCUT2D eigenvalue weighted by molar-refractivity contribution is -0.385. The van der Waals surface area contributed by atoms with Crippen molar-refractivity contribution in [2.75, 3.05) is 19.8 Å². The number of aliphatic hydroxyl groups is 11. The van der Waals surface area contributed by atoms with Gasteiger partial charge in [0.05, 0.1) is 25.9 Å². The van der Waals surface area contributed by atoms with Gasteiger partial charge in [-0.2, -0.15) is 0 Å². The lowest BCUT2D eigenvalue weighted by atomic mass is 9.90. The van der Waals surface area contributed by atoms with Crippen molar-refractivity contribution in [1.29, 1.82) is 0 Å². The molecule has 0 bridgehead atoms. The largest absolute Gasteiger partial charge is 0.477 e. The highest BCUT2D eigenvalue weighted by atomic mass is 16.8. The van der Waals surface area contributed by atoms with Crippen LogP contribution in [0.4, 0.5) is 0 Å². The summed E-state index contributed by atoms with van der Waals surface area (Å²) in [5.74, 6) is -5.74. The number of amides is 1. The van der Waals surface area contributed by atoms with E-state index in [-0.39, 0.29) is 0 Å². The van der Waals surface area contributed by atoms with Crippen LogP contribution in [-0.4, -0.2) is 191 Å². The van der Waals surface area contributed by atoms with E-state index in [0.29, 0.717) is 0 Å². The van der Waals surface area contributed by atoms with Crippen LogP contribution in [0.15, 0.2) is 0 Å². The number of carboxylic acid groups (broad SMARTS) is 1. The molecule has 3 aliphatic heterocycles. The average molecular weight is 634 g/mol. The number of aliphatic hydroxyl groups excluding tert-OH is 11. The summed E-state index contributed by atoms with van der Waals surface area (Å²) >= 11 is 0. The summed E-state index contributed by atoms with van der Waals surface area (Å²) in [6.07, 6.45) is -28.0. The minimum Gasteiger partial charge on any atom is -0.477 e. The molecule has 20 heteroatoms. The molecular weight excluding hydrogens is 594 g/mol. The number of carbonyl (C=O) groups excluding carboxylic acids is 1. The van der Waals surface area contributed by atoms with Gasteiger partial charge in [-0.25, -0.2) is 4.79 Å². The number of carboxylic acids is 1. The minimum absolute atomic E-state index is 0.715. The fourth-order valence-corrected chi connectivity index (χ4v) is 5.13. The molecule has 20 nitrogen and oxygen atoms in total. The Balaban J connectivity index is 1.94. The van der Waals surface area contributed by atoms with Crippen LogP contribution in [0.3, 0.4) is 0 Å². The second-order valence-corrected chi connectivity index (χ2v) is 10.5. The Morgan fingerprint density at radius 1 is 0.907 bits per heavy atom. The predicted octanol–water partition coefficient (Wildman–Crippen LogP) is -8.22. The van der Waals surface area contributed by atoms with Crippen molar-refractivity contribution >= 4 is 11.9 Å². The zero-order valence-electron chi connectivity index (χ0n) is 22.7. The van der Waals surface area contributed by atoms with Gasteiger partial charge in [0.1, 0.15) is 73.2 Å². The fourth-order valence-electron chi connectivity index (χ4n) is 5.13. The quantitative estimate of drug-likeness (QED) is 0.100. The Morgan fingerprint density at radius 2 is 1.49 bits per heavy atom. The van der Waals surface area contributed by atoms with Gasteiger partial charge in [-0.15, -0.1) is 0 Å². The zero-order chi connectivity index (χ0) is 32.4. The molecule has 3 rings (SSSR count). The van der Waals surface area contributed by atoms with E-state index in [1.165, 1.54) is 0 Å². The lowest BCUT2D eigenvalue weighted by Crippen LogP contribution is -2.70. The van der Waals surface area contributed by atoms with Crippen molar-refractivity contribution in [2.24, 2.45) is 0 Å². The van der Waals surface area contributed by atoms with Crippen LogP contribution >= 0.6 is 0 Å². The summed E-state index contributed by atoms with van der Waals surface area (Å²) in [5.41, 5.74) is 0. The first-order valence-corrected chi connectivity index (χ1v) is 13.2. The molecule has 250 valence electrons. The van der Waals surface area contributed by atoms with Gasteiger partial charge in [0.2, 0.25) is 5.91 Å². The summed E-state index contributed by atoms with van der Waals surface area (Å²) in [5, 5.41) is 125. The molecule has 0 aromatic heterocycles. The van der Waals surface area contributed by atoms with Gasteiger partial charge in [-0.05, 0) is 0 Å². The van der Waals surface area contributed by atoms with Crippen LogP contribution in [-0.2, 0) is 33.3 Å². The number of hydrogen-bond acceptors (Lipinski definition) is 18. The van der Waals surface area contributed by atoms with Crippen LogP contribution in [0.1, 0.15) is 13.3 Å². The summed E-state index contributed by atoms with van der Waals surface area (Å²) in [6.45, 7) is -1.80. The van der Waals surface area contributed by atoms with Crippen LogP contribution < -0.4 is 5.32 Å². The maximum Gasteiger partial charge on any atom is 0.364 e. The number of rotatable bonds is 11. The molecule has 0 aliphatic carbocycles. The molecule has 3 aliphatic rings. The van der Waals surface area contributed by atoms with Gasteiger partial charge in [0.15, 0.2) is 12.6 Å². The molecule has 1 amide bonds. The SMILES string of the molecule is CC(=O)N[C@@H]1[C@@H](O[C@@H]2O[C@H](CO)[C@H](O)[C@H](O[C@]3(C(=O)O)C[C@H](O)[C@@H](O)[C@H]([C@H](O)[C@H](O)CO)O3)[C@H]2O)[C@H](O)[C@@H](CO)O[C@H]1O. The minimum atomic E-state index is -3.04. The summed E-state index contributed by atoms with van der Waals surface area (Å²) in [7, 11) is 0. The number of carbonyl (C=O) groups is 2. The van der Waals surface area contributed by atoms with Crippen molar-refractivity contribution < 1.29 is 94.6 Å². The van der Waals surface area contributed by atoms with Crippen molar-refractivity contribution in [3.8, 4) is 0 Å². The summed E-state index contributed by atoms with van der Waals surface area (Å²) in [4.78, 5) is 24.1. The van der Waals surface area contributed by atoms with E-state index in [4.69, 9.17) is 28.8 Å². The third-order valence-electron chi connectivity index (χ3n) is 7.46. The summed E-state index contributed by atoms with van der Waals surface area (Å²) < 4.78 is 26.9. The van der Waals surface area contributed by atoms with Crippen molar-refractivity contribution in [3.05, 3.63) is 0 Å². The molecule has 0 unspecified atom stereocenters. The van der Waals surface area contributed by atoms with Gasteiger partial charge in [-0.3, -0.25) is 4.79 Å². The lowest BCUT2D eigenvalue weighted by Gasteiger charge is -2.50.